The molecule has 6 heteroatoms. The summed E-state index contributed by atoms with van der Waals surface area (Å²) in [6.07, 6.45) is 2.50. The molecule has 5 nitrogen and oxygen atoms in total. The lowest BCUT2D eigenvalue weighted by Crippen LogP contribution is -2.17. The number of sulfone groups is 1. The number of hydrogen-bond donors (Lipinski definition) is 1. The minimum Gasteiger partial charge on any atom is -0.384 e. The Morgan fingerprint density at radius 2 is 2.05 bits per heavy atom. The molecule has 1 aliphatic rings. The summed E-state index contributed by atoms with van der Waals surface area (Å²) in [5.74, 6) is 1.05. The van der Waals surface area contributed by atoms with Crippen LogP contribution in [0.25, 0.3) is 0 Å². The molecular weight excluding hydrogens is 274 g/mol. The second-order valence-electron chi connectivity index (χ2n) is 6.71. The van der Waals surface area contributed by atoms with Gasteiger partial charge in [-0.15, -0.1) is 0 Å². The minimum atomic E-state index is -2.93. The van der Waals surface area contributed by atoms with Crippen LogP contribution in [0.2, 0.25) is 0 Å². The molecule has 0 radical (unpaired) electrons. The van der Waals surface area contributed by atoms with E-state index in [4.69, 9.17) is 5.73 Å². The van der Waals surface area contributed by atoms with Crippen LogP contribution in [0.4, 0.5) is 5.82 Å². The van der Waals surface area contributed by atoms with Gasteiger partial charge in [0.05, 0.1) is 23.2 Å². The summed E-state index contributed by atoms with van der Waals surface area (Å²) in [7, 11) is -2.93. The van der Waals surface area contributed by atoms with Gasteiger partial charge in [0.15, 0.2) is 9.84 Å². The summed E-state index contributed by atoms with van der Waals surface area (Å²) in [6, 6.07) is -0.105. The van der Waals surface area contributed by atoms with E-state index < -0.39 is 9.84 Å². The van der Waals surface area contributed by atoms with E-state index in [0.29, 0.717) is 12.2 Å². The van der Waals surface area contributed by atoms with Crippen LogP contribution in [-0.4, -0.2) is 29.7 Å². The molecule has 1 atom stereocenters. The van der Waals surface area contributed by atoms with Gasteiger partial charge in [-0.1, -0.05) is 34.1 Å². The molecule has 1 fully saturated rings. The number of hydrogen-bond acceptors (Lipinski definition) is 4. The molecule has 2 N–H and O–H groups in total. The largest absolute Gasteiger partial charge is 0.384 e. The molecule has 1 aromatic heterocycles. The Kier molecular flexibility index (Phi) is 3.88. The van der Waals surface area contributed by atoms with Gasteiger partial charge in [0.25, 0.3) is 0 Å². The van der Waals surface area contributed by atoms with Gasteiger partial charge in [0, 0.05) is 11.0 Å². The number of anilines is 1. The average Bonchev–Trinajstić information content (AvgIpc) is 2.81. The lowest BCUT2D eigenvalue weighted by molar-refractivity contribution is 0.478. The van der Waals surface area contributed by atoms with Gasteiger partial charge in [-0.05, 0) is 12.8 Å². The quantitative estimate of drug-likeness (QED) is 0.927. The molecule has 0 saturated carbocycles. The first-order valence-electron chi connectivity index (χ1n) is 7.23. The fraction of sp³-hybridized carbons (Fsp3) is 0.786. The number of nitrogen functional groups attached to an aromatic ring is 1. The third kappa shape index (κ3) is 2.85. The normalized spacial score (nSPS) is 22.3. The van der Waals surface area contributed by atoms with Crippen molar-refractivity contribution >= 4 is 15.7 Å². The molecule has 0 spiro atoms. The molecule has 1 aromatic rings. The van der Waals surface area contributed by atoms with Gasteiger partial charge in [-0.25, -0.2) is 13.1 Å². The van der Waals surface area contributed by atoms with Crippen molar-refractivity contribution in [2.75, 3.05) is 17.2 Å². The van der Waals surface area contributed by atoms with E-state index in [-0.39, 0.29) is 23.0 Å². The van der Waals surface area contributed by atoms with Crippen LogP contribution in [0, 0.1) is 0 Å². The lowest BCUT2D eigenvalue weighted by atomic mass is 9.88. The van der Waals surface area contributed by atoms with Crippen molar-refractivity contribution in [1.82, 2.24) is 9.78 Å². The van der Waals surface area contributed by atoms with Crippen molar-refractivity contribution in [3.05, 3.63) is 11.3 Å². The zero-order chi connectivity index (χ0) is 15.1. The first kappa shape index (κ1) is 15.4. The Morgan fingerprint density at radius 1 is 1.40 bits per heavy atom. The van der Waals surface area contributed by atoms with Gasteiger partial charge in [-0.2, -0.15) is 5.10 Å². The Hall–Kier alpha value is -1.04. The number of nitrogens with zero attached hydrogens (tertiary/aromatic N) is 2. The van der Waals surface area contributed by atoms with E-state index in [1.54, 1.807) is 4.68 Å². The highest BCUT2D eigenvalue weighted by Gasteiger charge is 2.33. The van der Waals surface area contributed by atoms with Crippen molar-refractivity contribution < 1.29 is 8.42 Å². The highest BCUT2D eigenvalue weighted by Crippen LogP contribution is 2.34. The van der Waals surface area contributed by atoms with Crippen LogP contribution in [0.15, 0.2) is 0 Å². The van der Waals surface area contributed by atoms with Crippen molar-refractivity contribution in [3.63, 3.8) is 0 Å². The van der Waals surface area contributed by atoms with Gasteiger partial charge >= 0.3 is 0 Å². The van der Waals surface area contributed by atoms with Crippen LogP contribution >= 0.6 is 0 Å². The first-order valence-corrected chi connectivity index (χ1v) is 9.05. The predicted molar refractivity (Wildman–Crippen MR) is 81.6 cm³/mol. The van der Waals surface area contributed by atoms with Crippen LogP contribution < -0.4 is 5.73 Å². The Labute approximate surface area is 121 Å². The van der Waals surface area contributed by atoms with Gasteiger partial charge in [0.1, 0.15) is 5.82 Å². The van der Waals surface area contributed by atoms with Crippen LogP contribution in [-0.2, 0) is 21.7 Å². The van der Waals surface area contributed by atoms with E-state index in [9.17, 15) is 8.42 Å². The molecule has 0 aliphatic carbocycles. The third-order valence-electron chi connectivity index (χ3n) is 3.81. The molecule has 0 bridgehead atoms. The SMILES string of the molecule is CCCc1c(C(C)(C)C)nn(C2CCS(=O)(=O)C2)c1N. The Balaban J connectivity index is 2.45. The maximum atomic E-state index is 11.7. The second-order valence-corrected chi connectivity index (χ2v) is 8.94. The van der Waals surface area contributed by atoms with Crippen molar-refractivity contribution in [2.45, 2.75) is 58.4 Å². The average molecular weight is 299 g/mol. The van der Waals surface area contributed by atoms with E-state index in [1.165, 1.54) is 0 Å². The fourth-order valence-corrected chi connectivity index (χ4v) is 4.52. The number of rotatable bonds is 3. The minimum absolute atomic E-state index is 0.0820. The summed E-state index contributed by atoms with van der Waals surface area (Å²) in [5, 5.41) is 4.67. The first-order chi connectivity index (χ1) is 9.15. The van der Waals surface area contributed by atoms with Gasteiger partial charge < -0.3 is 5.73 Å². The molecule has 0 aromatic carbocycles. The molecule has 1 aliphatic heterocycles. The van der Waals surface area contributed by atoms with Gasteiger partial charge in [0.2, 0.25) is 0 Å². The van der Waals surface area contributed by atoms with Gasteiger partial charge in [-0.3, -0.25) is 0 Å². The van der Waals surface area contributed by atoms with Crippen molar-refractivity contribution in [3.8, 4) is 0 Å². The molecular formula is C14H25N3O2S. The Morgan fingerprint density at radius 3 is 2.50 bits per heavy atom. The monoisotopic (exact) mass is 299 g/mol. The topological polar surface area (TPSA) is 78.0 Å². The summed E-state index contributed by atoms with van der Waals surface area (Å²) < 4.78 is 25.1. The maximum Gasteiger partial charge on any atom is 0.152 e. The van der Waals surface area contributed by atoms with E-state index in [2.05, 4.69) is 32.8 Å². The van der Waals surface area contributed by atoms with Crippen LogP contribution in [0.1, 0.15) is 57.8 Å². The standard InChI is InChI=1S/C14H25N3O2S/c1-5-6-11-12(14(2,3)4)16-17(13(11)15)10-7-8-20(18,19)9-10/h10H,5-9,15H2,1-4H3. The smallest absolute Gasteiger partial charge is 0.152 e. The molecule has 2 rings (SSSR count). The number of aromatic nitrogens is 2. The van der Waals surface area contributed by atoms with Crippen LogP contribution in [0.5, 0.6) is 0 Å². The molecule has 0 amide bonds. The number of nitrogens with two attached hydrogens (primary N) is 1. The zero-order valence-electron chi connectivity index (χ0n) is 12.8. The third-order valence-corrected chi connectivity index (χ3v) is 5.56. The molecule has 1 unspecified atom stereocenters. The molecule has 114 valence electrons. The molecule has 20 heavy (non-hydrogen) atoms. The van der Waals surface area contributed by atoms with E-state index in [0.717, 1.165) is 24.1 Å². The van der Waals surface area contributed by atoms with Crippen LogP contribution in [0.3, 0.4) is 0 Å². The summed E-state index contributed by atoms with van der Waals surface area (Å²) in [6.45, 7) is 8.46. The fourth-order valence-electron chi connectivity index (χ4n) is 2.83. The lowest BCUT2D eigenvalue weighted by Gasteiger charge is -2.17. The maximum absolute atomic E-state index is 11.7. The molecule has 2 heterocycles. The summed E-state index contributed by atoms with van der Waals surface area (Å²) >= 11 is 0. The van der Waals surface area contributed by atoms with Crippen molar-refractivity contribution in [2.24, 2.45) is 0 Å². The van der Waals surface area contributed by atoms with Crippen molar-refractivity contribution in [1.29, 1.82) is 0 Å². The molecule has 1 saturated heterocycles. The summed E-state index contributed by atoms with van der Waals surface area (Å²) in [5.41, 5.74) is 8.27. The highest BCUT2D eigenvalue weighted by molar-refractivity contribution is 7.91. The van der Waals surface area contributed by atoms with E-state index in [1.807, 2.05) is 0 Å². The Bertz CT molecular complexity index is 597. The van der Waals surface area contributed by atoms with E-state index >= 15 is 0 Å². The summed E-state index contributed by atoms with van der Waals surface area (Å²) in [4.78, 5) is 0. The second kappa shape index (κ2) is 5.06. The zero-order valence-corrected chi connectivity index (χ0v) is 13.6. The predicted octanol–water partition coefficient (Wildman–Crippen LogP) is 2.07. The highest BCUT2D eigenvalue weighted by atomic mass is 32.2.